The minimum absolute atomic E-state index is 0.178. The van der Waals surface area contributed by atoms with E-state index in [-0.39, 0.29) is 25.0 Å². The molecular formula is C26H26Cl2N2O3. The van der Waals surface area contributed by atoms with Crippen LogP contribution >= 0.6 is 23.2 Å². The molecule has 1 N–H and O–H groups in total. The summed E-state index contributed by atoms with van der Waals surface area (Å²) in [4.78, 5) is 27.8. The topological polar surface area (TPSA) is 58.6 Å². The molecule has 0 aliphatic carbocycles. The Labute approximate surface area is 204 Å². The zero-order valence-corrected chi connectivity index (χ0v) is 20.1. The summed E-state index contributed by atoms with van der Waals surface area (Å²) in [6.45, 7) is 1.95. The molecule has 3 aromatic rings. The number of hydrogen-bond acceptors (Lipinski definition) is 3. The normalized spacial score (nSPS) is 11.5. The highest BCUT2D eigenvalue weighted by Gasteiger charge is 2.30. The number of nitrogens with one attached hydrogen (secondary N) is 1. The summed E-state index contributed by atoms with van der Waals surface area (Å²) >= 11 is 12.2. The Morgan fingerprint density at radius 2 is 1.64 bits per heavy atom. The molecule has 0 bridgehead atoms. The number of rotatable bonds is 9. The standard InChI is InChI=1S/C26H26Cl2N2O3/c1-18-8-11-21(12-9-18)33-17-25(31)30(16-20-10-13-22(27)23(28)14-20)24(26(32)29-2)15-19-6-4-3-5-7-19/h3-14,24H,15-17H2,1-2H3,(H,29,32). The van der Waals surface area contributed by atoms with Crippen LogP contribution in [0, 0.1) is 6.92 Å². The highest BCUT2D eigenvalue weighted by atomic mass is 35.5. The van der Waals surface area contributed by atoms with Gasteiger partial charge in [0.15, 0.2) is 6.61 Å². The summed E-state index contributed by atoms with van der Waals surface area (Å²) < 4.78 is 5.73. The quantitative estimate of drug-likeness (QED) is 0.461. The van der Waals surface area contributed by atoms with Crippen LogP contribution in [0.3, 0.4) is 0 Å². The summed E-state index contributed by atoms with van der Waals surface area (Å²) in [5.74, 6) is 0.0109. The van der Waals surface area contributed by atoms with Crippen molar-refractivity contribution in [3.8, 4) is 5.75 Å². The van der Waals surface area contributed by atoms with Gasteiger partial charge in [-0.05, 0) is 42.3 Å². The monoisotopic (exact) mass is 484 g/mol. The molecule has 1 atom stereocenters. The van der Waals surface area contributed by atoms with Gasteiger partial charge in [-0.3, -0.25) is 9.59 Å². The molecule has 3 rings (SSSR count). The summed E-state index contributed by atoms with van der Waals surface area (Å²) in [6.07, 6.45) is 0.359. The van der Waals surface area contributed by atoms with Gasteiger partial charge in [0.1, 0.15) is 11.8 Å². The number of amides is 2. The number of aryl methyl sites for hydroxylation is 1. The highest BCUT2D eigenvalue weighted by molar-refractivity contribution is 6.42. The first-order valence-corrected chi connectivity index (χ1v) is 11.3. The summed E-state index contributed by atoms with van der Waals surface area (Å²) in [7, 11) is 1.56. The SMILES string of the molecule is CNC(=O)C(Cc1ccccc1)N(Cc1ccc(Cl)c(Cl)c1)C(=O)COc1ccc(C)cc1. The fourth-order valence-corrected chi connectivity index (χ4v) is 3.74. The smallest absolute Gasteiger partial charge is 0.261 e. The fourth-order valence-electron chi connectivity index (χ4n) is 3.42. The minimum Gasteiger partial charge on any atom is -0.484 e. The lowest BCUT2D eigenvalue weighted by Gasteiger charge is -2.31. The molecule has 2 amide bonds. The van der Waals surface area contributed by atoms with Gasteiger partial charge in [0, 0.05) is 20.0 Å². The van der Waals surface area contributed by atoms with Gasteiger partial charge in [0.05, 0.1) is 10.0 Å². The molecule has 172 valence electrons. The van der Waals surface area contributed by atoms with Crippen molar-refractivity contribution in [2.75, 3.05) is 13.7 Å². The number of hydrogen-bond donors (Lipinski definition) is 1. The second-order valence-corrected chi connectivity index (χ2v) is 8.51. The van der Waals surface area contributed by atoms with Crippen LogP contribution in [0.25, 0.3) is 0 Å². The van der Waals surface area contributed by atoms with Gasteiger partial charge < -0.3 is 15.0 Å². The van der Waals surface area contributed by atoms with Crippen molar-refractivity contribution in [1.82, 2.24) is 10.2 Å². The van der Waals surface area contributed by atoms with E-state index < -0.39 is 6.04 Å². The molecule has 0 aromatic heterocycles. The number of ether oxygens (including phenoxy) is 1. The first-order valence-electron chi connectivity index (χ1n) is 10.6. The Hall–Kier alpha value is -3.02. The lowest BCUT2D eigenvalue weighted by atomic mass is 10.0. The fraction of sp³-hybridized carbons (Fsp3) is 0.231. The van der Waals surface area contributed by atoms with Crippen molar-refractivity contribution in [2.24, 2.45) is 0 Å². The Morgan fingerprint density at radius 3 is 2.27 bits per heavy atom. The summed E-state index contributed by atoms with van der Waals surface area (Å²) in [6, 6.07) is 21.5. The average molecular weight is 485 g/mol. The van der Waals surface area contributed by atoms with E-state index >= 15 is 0 Å². The van der Waals surface area contributed by atoms with E-state index in [9.17, 15) is 9.59 Å². The van der Waals surface area contributed by atoms with Crippen molar-refractivity contribution in [3.63, 3.8) is 0 Å². The largest absolute Gasteiger partial charge is 0.484 e. The van der Waals surface area contributed by atoms with Gasteiger partial charge >= 0.3 is 0 Å². The van der Waals surface area contributed by atoms with E-state index in [1.54, 1.807) is 25.2 Å². The van der Waals surface area contributed by atoms with Gasteiger partial charge in [0.2, 0.25) is 5.91 Å². The number of nitrogens with zero attached hydrogens (tertiary/aromatic N) is 1. The van der Waals surface area contributed by atoms with Crippen molar-refractivity contribution in [2.45, 2.75) is 25.9 Å². The third-order valence-corrected chi connectivity index (χ3v) is 5.98. The van der Waals surface area contributed by atoms with Crippen molar-refractivity contribution < 1.29 is 14.3 Å². The Kier molecular flexibility index (Phi) is 8.75. The molecular weight excluding hydrogens is 459 g/mol. The van der Waals surface area contributed by atoms with Gasteiger partial charge in [-0.15, -0.1) is 0 Å². The van der Waals surface area contributed by atoms with Crippen LogP contribution < -0.4 is 10.1 Å². The second kappa shape index (κ2) is 11.7. The summed E-state index contributed by atoms with van der Waals surface area (Å²) in [5, 5.41) is 3.50. The molecule has 0 radical (unpaired) electrons. The molecule has 0 spiro atoms. The maximum Gasteiger partial charge on any atom is 0.261 e. The second-order valence-electron chi connectivity index (χ2n) is 7.69. The molecule has 1 unspecified atom stereocenters. The molecule has 33 heavy (non-hydrogen) atoms. The van der Waals surface area contributed by atoms with E-state index in [1.807, 2.05) is 61.5 Å². The van der Waals surface area contributed by atoms with E-state index in [4.69, 9.17) is 27.9 Å². The zero-order chi connectivity index (χ0) is 23.8. The Balaban J connectivity index is 1.88. The van der Waals surface area contributed by atoms with E-state index in [2.05, 4.69) is 5.32 Å². The molecule has 0 heterocycles. The van der Waals surface area contributed by atoms with Crippen LogP contribution in [0.4, 0.5) is 0 Å². The van der Waals surface area contributed by atoms with Gasteiger partial charge in [0.25, 0.3) is 5.91 Å². The first-order chi connectivity index (χ1) is 15.9. The Morgan fingerprint density at radius 1 is 0.939 bits per heavy atom. The molecule has 0 fully saturated rings. The lowest BCUT2D eigenvalue weighted by molar-refractivity contribution is -0.142. The van der Waals surface area contributed by atoms with Gasteiger partial charge in [-0.25, -0.2) is 0 Å². The van der Waals surface area contributed by atoms with Crippen LogP contribution in [0.2, 0.25) is 10.0 Å². The van der Waals surface area contributed by atoms with Crippen molar-refractivity contribution in [3.05, 3.63) is 99.5 Å². The van der Waals surface area contributed by atoms with Crippen LogP contribution in [0.1, 0.15) is 16.7 Å². The third-order valence-electron chi connectivity index (χ3n) is 5.24. The zero-order valence-electron chi connectivity index (χ0n) is 18.6. The number of carbonyl (C=O) groups excluding carboxylic acids is 2. The molecule has 0 aliphatic rings. The number of halogens is 2. The van der Waals surface area contributed by atoms with Crippen LogP contribution in [-0.4, -0.2) is 36.4 Å². The Bertz CT molecular complexity index is 1090. The maximum atomic E-state index is 13.4. The number of benzene rings is 3. The number of likely N-dealkylation sites (N-methyl/N-ethyl adjacent to an activating group) is 1. The predicted molar refractivity (Wildman–Crippen MR) is 132 cm³/mol. The molecule has 7 heteroatoms. The molecule has 0 saturated heterocycles. The van der Waals surface area contributed by atoms with Crippen LogP contribution in [0.5, 0.6) is 5.75 Å². The third kappa shape index (κ3) is 6.98. The number of carbonyl (C=O) groups is 2. The van der Waals surface area contributed by atoms with Gasteiger partial charge in [-0.2, -0.15) is 0 Å². The van der Waals surface area contributed by atoms with E-state index in [0.29, 0.717) is 22.2 Å². The molecule has 3 aromatic carbocycles. The first kappa shape index (κ1) is 24.6. The molecule has 0 aliphatic heterocycles. The van der Waals surface area contributed by atoms with Crippen LogP contribution in [0.15, 0.2) is 72.8 Å². The van der Waals surface area contributed by atoms with Crippen molar-refractivity contribution in [1.29, 1.82) is 0 Å². The molecule has 0 saturated carbocycles. The van der Waals surface area contributed by atoms with Crippen molar-refractivity contribution >= 4 is 35.0 Å². The highest BCUT2D eigenvalue weighted by Crippen LogP contribution is 2.24. The van der Waals surface area contributed by atoms with Gasteiger partial charge in [-0.1, -0.05) is 77.3 Å². The molecule has 5 nitrogen and oxygen atoms in total. The lowest BCUT2D eigenvalue weighted by Crippen LogP contribution is -2.51. The maximum absolute atomic E-state index is 13.4. The minimum atomic E-state index is -0.735. The average Bonchev–Trinajstić information content (AvgIpc) is 2.83. The predicted octanol–water partition coefficient (Wildman–Crippen LogP) is 5.07. The summed E-state index contributed by atoms with van der Waals surface area (Å²) in [5.41, 5.74) is 2.80. The van der Waals surface area contributed by atoms with E-state index in [0.717, 1.165) is 16.7 Å². The van der Waals surface area contributed by atoms with E-state index in [1.165, 1.54) is 4.90 Å². The van der Waals surface area contributed by atoms with Crippen LogP contribution in [-0.2, 0) is 22.6 Å².